The van der Waals surface area contributed by atoms with Crippen molar-refractivity contribution in [1.29, 1.82) is 0 Å². The Hall–Kier alpha value is -2.74. The number of hydrogen-bond donors (Lipinski definition) is 1. The van der Waals surface area contributed by atoms with E-state index in [-0.39, 0.29) is 11.6 Å². The van der Waals surface area contributed by atoms with Crippen LogP contribution in [0.3, 0.4) is 0 Å². The number of nitro groups is 1. The van der Waals surface area contributed by atoms with Crippen LogP contribution in [-0.4, -0.2) is 20.9 Å². The van der Waals surface area contributed by atoms with Crippen molar-refractivity contribution in [2.24, 2.45) is 0 Å². The predicted octanol–water partition coefficient (Wildman–Crippen LogP) is 3.43. The topological polar surface area (TPSA) is 98.1 Å². The van der Waals surface area contributed by atoms with E-state index in [4.69, 9.17) is 4.74 Å². The fourth-order valence-corrected chi connectivity index (χ4v) is 2.90. The molecule has 0 atom stereocenters. The Labute approximate surface area is 128 Å². The summed E-state index contributed by atoms with van der Waals surface area (Å²) >= 11 is 1.29. The Morgan fingerprint density at radius 1 is 1.41 bits per heavy atom. The second kappa shape index (κ2) is 5.23. The molecule has 0 radical (unpaired) electrons. The van der Waals surface area contributed by atoms with Crippen LogP contribution in [0.4, 0.5) is 5.69 Å². The Morgan fingerprint density at radius 3 is 2.86 bits per heavy atom. The van der Waals surface area contributed by atoms with Crippen LogP contribution in [0.25, 0.3) is 21.6 Å². The monoisotopic (exact) mass is 317 g/mol. The number of nitrogens with zero attached hydrogens (tertiary/aromatic N) is 2. The summed E-state index contributed by atoms with van der Waals surface area (Å²) in [6, 6.07) is 5.18. The zero-order valence-corrected chi connectivity index (χ0v) is 12.6. The van der Waals surface area contributed by atoms with E-state index < -0.39 is 10.9 Å². The van der Waals surface area contributed by atoms with Crippen molar-refractivity contribution in [3.8, 4) is 16.6 Å². The molecule has 3 aromatic rings. The van der Waals surface area contributed by atoms with Gasteiger partial charge in [-0.15, -0.1) is 11.3 Å². The molecular weight excluding hydrogens is 306 g/mol. The fourth-order valence-electron chi connectivity index (χ4n) is 2.21. The van der Waals surface area contributed by atoms with Gasteiger partial charge in [0.15, 0.2) is 0 Å². The average molecular weight is 317 g/mol. The number of non-ortho nitro benzene ring substituents is 1. The number of H-pyrrole nitrogens is 1. The summed E-state index contributed by atoms with van der Waals surface area (Å²) in [7, 11) is 0. The number of carbonyl (C=O) groups is 1. The van der Waals surface area contributed by atoms with Gasteiger partial charge < -0.3 is 9.72 Å². The molecule has 0 spiro atoms. The molecule has 2 heterocycles. The molecule has 0 aliphatic heterocycles. The van der Waals surface area contributed by atoms with E-state index in [2.05, 4.69) is 9.97 Å². The van der Waals surface area contributed by atoms with Gasteiger partial charge in [0.1, 0.15) is 10.5 Å². The first-order valence-electron chi connectivity index (χ1n) is 6.36. The van der Waals surface area contributed by atoms with Crippen molar-refractivity contribution < 1.29 is 14.5 Å². The van der Waals surface area contributed by atoms with Crippen molar-refractivity contribution in [2.45, 2.75) is 13.8 Å². The minimum Gasteiger partial charge on any atom is -0.407 e. The van der Waals surface area contributed by atoms with E-state index in [1.54, 1.807) is 18.4 Å². The van der Waals surface area contributed by atoms with E-state index in [1.165, 1.54) is 24.3 Å². The quantitative estimate of drug-likeness (QED) is 0.453. The van der Waals surface area contributed by atoms with Gasteiger partial charge in [0.25, 0.3) is 5.69 Å². The van der Waals surface area contributed by atoms with Crippen molar-refractivity contribution >= 4 is 33.9 Å². The Balaban J connectivity index is 2.08. The van der Waals surface area contributed by atoms with Gasteiger partial charge in [0.05, 0.1) is 16.0 Å². The number of nitrogens with one attached hydrogen (secondary N) is 1. The Bertz CT molecular complexity index is 897. The summed E-state index contributed by atoms with van der Waals surface area (Å²) in [5, 5.41) is 14.1. The van der Waals surface area contributed by atoms with Gasteiger partial charge in [-0.3, -0.25) is 14.9 Å². The average Bonchev–Trinajstić information content (AvgIpc) is 3.02. The second-order valence-corrected chi connectivity index (χ2v) is 5.63. The lowest BCUT2D eigenvalue weighted by Gasteiger charge is -1.96. The number of benzene rings is 1. The number of aryl methyl sites for hydroxylation is 1. The first kappa shape index (κ1) is 14.2. The van der Waals surface area contributed by atoms with Crippen LogP contribution in [0, 0.1) is 17.0 Å². The van der Waals surface area contributed by atoms with E-state index in [0.717, 1.165) is 10.9 Å². The SMILES string of the molecule is CC(=O)Oc1csc(-c2cc3cc(C)cc([N+](=O)[O-])c3[nH]2)n1. The summed E-state index contributed by atoms with van der Waals surface area (Å²) in [6.45, 7) is 3.11. The third kappa shape index (κ3) is 2.56. The molecule has 1 N–H and O–H groups in total. The second-order valence-electron chi connectivity index (χ2n) is 4.77. The smallest absolute Gasteiger partial charge is 0.309 e. The van der Waals surface area contributed by atoms with Crippen molar-refractivity contribution in [1.82, 2.24) is 9.97 Å². The van der Waals surface area contributed by atoms with Crippen molar-refractivity contribution in [2.75, 3.05) is 0 Å². The molecule has 3 rings (SSSR count). The van der Waals surface area contributed by atoms with Gasteiger partial charge in [0.2, 0.25) is 5.88 Å². The third-order valence-corrected chi connectivity index (χ3v) is 3.86. The highest BCUT2D eigenvalue weighted by atomic mass is 32.1. The zero-order chi connectivity index (χ0) is 15.9. The van der Waals surface area contributed by atoms with Crippen LogP contribution in [-0.2, 0) is 4.79 Å². The first-order chi connectivity index (χ1) is 10.4. The van der Waals surface area contributed by atoms with Gasteiger partial charge in [0, 0.05) is 18.4 Å². The van der Waals surface area contributed by atoms with Crippen molar-refractivity contribution in [3.63, 3.8) is 0 Å². The lowest BCUT2D eigenvalue weighted by atomic mass is 10.1. The summed E-state index contributed by atoms with van der Waals surface area (Å²) in [4.78, 5) is 28.9. The number of fused-ring (bicyclic) bond motifs is 1. The first-order valence-corrected chi connectivity index (χ1v) is 7.24. The molecule has 0 aliphatic carbocycles. The van der Waals surface area contributed by atoms with Crippen LogP contribution in [0.2, 0.25) is 0 Å². The molecule has 0 saturated heterocycles. The van der Waals surface area contributed by atoms with Gasteiger partial charge in [-0.2, -0.15) is 4.98 Å². The largest absolute Gasteiger partial charge is 0.407 e. The standard InChI is InChI=1S/C14H11N3O4S/c1-7-3-9-5-10(15-13(9)11(4-7)17(19)20)14-16-12(6-22-14)21-8(2)18/h3-6,15H,1-2H3. The molecule has 2 aromatic heterocycles. The maximum atomic E-state index is 11.2. The Morgan fingerprint density at radius 2 is 2.18 bits per heavy atom. The molecular formula is C14H11N3O4S. The molecule has 112 valence electrons. The van der Waals surface area contributed by atoms with E-state index in [1.807, 2.05) is 6.07 Å². The lowest BCUT2D eigenvalue weighted by Crippen LogP contribution is -2.01. The summed E-state index contributed by atoms with van der Waals surface area (Å²) in [6.07, 6.45) is 0. The minimum atomic E-state index is -0.445. The lowest BCUT2D eigenvalue weighted by molar-refractivity contribution is -0.383. The highest BCUT2D eigenvalue weighted by Crippen LogP contribution is 2.33. The highest BCUT2D eigenvalue weighted by Gasteiger charge is 2.17. The van der Waals surface area contributed by atoms with Gasteiger partial charge in [-0.25, -0.2) is 0 Å². The highest BCUT2D eigenvalue weighted by molar-refractivity contribution is 7.13. The normalized spacial score (nSPS) is 10.8. The molecule has 22 heavy (non-hydrogen) atoms. The fraction of sp³-hybridized carbons (Fsp3) is 0.143. The number of carbonyl (C=O) groups excluding carboxylic acids is 1. The van der Waals surface area contributed by atoms with Gasteiger partial charge in [-0.1, -0.05) is 0 Å². The number of ether oxygens (including phenoxy) is 1. The molecule has 0 saturated carbocycles. The summed E-state index contributed by atoms with van der Waals surface area (Å²) in [5.74, 6) is -0.225. The van der Waals surface area contributed by atoms with E-state index in [0.29, 0.717) is 16.2 Å². The van der Waals surface area contributed by atoms with Gasteiger partial charge >= 0.3 is 5.97 Å². The molecule has 7 nitrogen and oxygen atoms in total. The van der Waals surface area contributed by atoms with E-state index >= 15 is 0 Å². The molecule has 0 unspecified atom stereocenters. The summed E-state index contributed by atoms with van der Waals surface area (Å²) in [5.41, 5.74) is 1.93. The van der Waals surface area contributed by atoms with Crippen LogP contribution >= 0.6 is 11.3 Å². The van der Waals surface area contributed by atoms with Crippen molar-refractivity contribution in [3.05, 3.63) is 39.3 Å². The third-order valence-electron chi connectivity index (χ3n) is 3.01. The predicted molar refractivity (Wildman–Crippen MR) is 82.1 cm³/mol. The Kier molecular flexibility index (Phi) is 3.38. The number of aromatic amines is 1. The van der Waals surface area contributed by atoms with Crippen LogP contribution in [0.15, 0.2) is 23.6 Å². The maximum Gasteiger partial charge on any atom is 0.309 e. The maximum absolute atomic E-state index is 11.2. The number of nitro benzene ring substituents is 1. The number of aromatic nitrogens is 2. The van der Waals surface area contributed by atoms with Crippen LogP contribution in [0.1, 0.15) is 12.5 Å². The number of thiazole rings is 1. The van der Waals surface area contributed by atoms with E-state index in [9.17, 15) is 14.9 Å². The molecule has 0 amide bonds. The van der Waals surface area contributed by atoms with Gasteiger partial charge in [-0.05, 0) is 24.6 Å². The number of rotatable bonds is 3. The van der Waals surface area contributed by atoms with Crippen LogP contribution < -0.4 is 4.74 Å². The minimum absolute atomic E-state index is 0.0259. The molecule has 0 fully saturated rings. The molecule has 8 heteroatoms. The molecule has 1 aromatic carbocycles. The summed E-state index contributed by atoms with van der Waals surface area (Å²) < 4.78 is 4.91. The number of hydrogen-bond acceptors (Lipinski definition) is 6. The molecule has 0 bridgehead atoms. The van der Waals surface area contributed by atoms with Crippen LogP contribution in [0.5, 0.6) is 5.88 Å². The molecule has 0 aliphatic rings. The number of esters is 1. The zero-order valence-electron chi connectivity index (χ0n) is 11.7.